The molecule has 0 aromatic heterocycles. The van der Waals surface area contributed by atoms with Gasteiger partial charge < -0.3 is 5.32 Å². The lowest BCUT2D eigenvalue weighted by molar-refractivity contribution is -0.137. The molecule has 0 spiro atoms. The van der Waals surface area contributed by atoms with E-state index in [0.717, 1.165) is 24.3 Å². The number of rotatable bonds is 1. The monoisotopic (exact) mass is 265 g/mol. The molecule has 100 valence electrons. The molecule has 1 unspecified atom stereocenters. The first-order valence-electron chi connectivity index (χ1n) is 5.56. The van der Waals surface area contributed by atoms with Crippen LogP contribution in [-0.4, -0.2) is 19.0 Å². The summed E-state index contributed by atoms with van der Waals surface area (Å²) in [6.07, 6.45) is -4.21. The van der Waals surface area contributed by atoms with Crippen LogP contribution in [0.4, 0.5) is 22.0 Å². The molecule has 1 N–H and O–H groups in total. The normalized spacial score (nSPS) is 23.9. The first-order valence-corrected chi connectivity index (χ1v) is 5.56. The maximum Gasteiger partial charge on any atom is 0.416 e. The zero-order valence-corrected chi connectivity index (χ0v) is 9.40. The quantitative estimate of drug-likeness (QED) is 0.767. The van der Waals surface area contributed by atoms with Crippen LogP contribution in [0, 0.1) is 0 Å². The molecule has 0 radical (unpaired) electrons. The van der Waals surface area contributed by atoms with E-state index < -0.39 is 30.1 Å². The number of piperidine rings is 1. The van der Waals surface area contributed by atoms with Crippen molar-refractivity contribution in [2.24, 2.45) is 0 Å². The molecule has 2 rings (SSSR count). The molecule has 1 saturated heterocycles. The molecule has 0 saturated carbocycles. The molecule has 1 aromatic carbocycles. The summed E-state index contributed by atoms with van der Waals surface area (Å²) in [7, 11) is 0. The fourth-order valence-electron chi connectivity index (χ4n) is 2.15. The number of alkyl halides is 5. The third-order valence-corrected chi connectivity index (χ3v) is 3.12. The van der Waals surface area contributed by atoms with Crippen molar-refractivity contribution < 1.29 is 22.0 Å². The molecule has 0 aliphatic carbocycles. The first-order chi connectivity index (χ1) is 8.31. The number of halogens is 5. The number of benzene rings is 1. The van der Waals surface area contributed by atoms with Gasteiger partial charge in [0.15, 0.2) is 0 Å². The van der Waals surface area contributed by atoms with Gasteiger partial charge in [0.05, 0.1) is 18.0 Å². The molecule has 0 amide bonds. The van der Waals surface area contributed by atoms with Gasteiger partial charge >= 0.3 is 6.18 Å². The molecule has 1 nitrogen and oxygen atoms in total. The summed E-state index contributed by atoms with van der Waals surface area (Å²) in [6.45, 7) is 0.0139. The topological polar surface area (TPSA) is 12.0 Å². The zero-order valence-electron chi connectivity index (χ0n) is 9.40. The van der Waals surface area contributed by atoms with Gasteiger partial charge in [-0.1, -0.05) is 12.1 Å². The Hall–Kier alpha value is -1.17. The van der Waals surface area contributed by atoms with Crippen LogP contribution in [0.3, 0.4) is 0 Å². The van der Waals surface area contributed by atoms with Crippen LogP contribution in [0.1, 0.15) is 23.5 Å². The minimum absolute atomic E-state index is 0.221. The minimum atomic E-state index is -4.44. The van der Waals surface area contributed by atoms with Crippen LogP contribution in [-0.2, 0) is 6.18 Å². The molecule has 1 aromatic rings. The van der Waals surface area contributed by atoms with E-state index in [2.05, 4.69) is 5.32 Å². The van der Waals surface area contributed by atoms with E-state index in [0.29, 0.717) is 6.54 Å². The maximum absolute atomic E-state index is 13.6. The third kappa shape index (κ3) is 2.63. The van der Waals surface area contributed by atoms with Crippen LogP contribution in [0.5, 0.6) is 0 Å². The van der Waals surface area contributed by atoms with Crippen molar-refractivity contribution in [1.82, 2.24) is 5.32 Å². The summed E-state index contributed by atoms with van der Waals surface area (Å²) in [5, 5.41) is 2.58. The average Bonchev–Trinajstić information content (AvgIpc) is 2.27. The fourth-order valence-corrected chi connectivity index (χ4v) is 2.15. The Bertz CT molecular complexity index is 409. The summed E-state index contributed by atoms with van der Waals surface area (Å²) < 4.78 is 64.3. The summed E-state index contributed by atoms with van der Waals surface area (Å²) in [6, 6.07) is 4.00. The number of nitrogens with one attached hydrogen (secondary N) is 1. The van der Waals surface area contributed by atoms with Gasteiger partial charge in [-0.3, -0.25) is 0 Å². The smallest absolute Gasteiger partial charge is 0.311 e. The summed E-state index contributed by atoms with van der Waals surface area (Å²) in [4.78, 5) is 0. The summed E-state index contributed by atoms with van der Waals surface area (Å²) in [5.74, 6) is -3.93. The van der Waals surface area contributed by atoms with Gasteiger partial charge in [-0.05, 0) is 30.7 Å². The molecular weight excluding hydrogens is 253 g/mol. The lowest BCUT2D eigenvalue weighted by Crippen LogP contribution is -2.44. The second kappa shape index (κ2) is 4.50. The predicted molar refractivity (Wildman–Crippen MR) is 56.6 cm³/mol. The van der Waals surface area contributed by atoms with Crippen LogP contribution >= 0.6 is 0 Å². The summed E-state index contributed by atoms with van der Waals surface area (Å²) in [5.41, 5.74) is -0.557. The van der Waals surface area contributed by atoms with E-state index in [1.165, 1.54) is 0 Å². The Morgan fingerprint density at radius 1 is 1.11 bits per heavy atom. The van der Waals surface area contributed by atoms with Crippen LogP contribution < -0.4 is 5.32 Å². The van der Waals surface area contributed by atoms with Gasteiger partial charge in [-0.2, -0.15) is 13.2 Å². The minimum Gasteiger partial charge on any atom is -0.311 e. The number of hydrogen-bond acceptors (Lipinski definition) is 1. The highest BCUT2D eigenvalue weighted by atomic mass is 19.4. The van der Waals surface area contributed by atoms with Crippen molar-refractivity contribution in [1.29, 1.82) is 0 Å². The Morgan fingerprint density at radius 3 is 2.22 bits per heavy atom. The van der Waals surface area contributed by atoms with Crippen molar-refractivity contribution in [3.8, 4) is 0 Å². The fraction of sp³-hybridized carbons (Fsp3) is 0.500. The van der Waals surface area contributed by atoms with Crippen LogP contribution in [0.25, 0.3) is 0 Å². The second-order valence-corrected chi connectivity index (χ2v) is 4.40. The van der Waals surface area contributed by atoms with Crippen molar-refractivity contribution in [2.45, 2.75) is 24.4 Å². The van der Waals surface area contributed by atoms with Gasteiger partial charge in [0.1, 0.15) is 0 Å². The van der Waals surface area contributed by atoms with E-state index in [1.54, 1.807) is 0 Å². The van der Waals surface area contributed by atoms with E-state index in [1.807, 2.05) is 0 Å². The predicted octanol–water partition coefficient (Wildman–Crippen LogP) is 3.42. The molecular formula is C12H12F5N. The van der Waals surface area contributed by atoms with Crippen molar-refractivity contribution in [3.05, 3.63) is 35.4 Å². The molecule has 18 heavy (non-hydrogen) atoms. The SMILES string of the molecule is FC(F)(F)c1ccc(C2CCNCC2(F)F)cc1. The van der Waals surface area contributed by atoms with Crippen LogP contribution in [0.15, 0.2) is 24.3 Å². The molecule has 1 aliphatic heterocycles. The maximum atomic E-state index is 13.6. The number of hydrogen-bond donors (Lipinski definition) is 1. The largest absolute Gasteiger partial charge is 0.416 e. The van der Waals surface area contributed by atoms with Crippen molar-refractivity contribution in [3.63, 3.8) is 0 Å². The molecule has 6 heteroatoms. The van der Waals surface area contributed by atoms with E-state index >= 15 is 0 Å². The standard InChI is InChI=1S/C12H12F5N/c13-11(14)7-18-6-5-10(11)8-1-3-9(4-2-8)12(15,16)17/h1-4,10,18H,5-7H2. The Balaban J connectivity index is 2.24. The zero-order chi connectivity index (χ0) is 13.4. The molecule has 1 fully saturated rings. The lowest BCUT2D eigenvalue weighted by atomic mass is 9.86. The van der Waals surface area contributed by atoms with E-state index in [4.69, 9.17) is 0 Å². The lowest BCUT2D eigenvalue weighted by Gasteiger charge is -2.32. The molecule has 1 aliphatic rings. The molecule has 0 bridgehead atoms. The first kappa shape index (κ1) is 13.3. The van der Waals surface area contributed by atoms with Crippen LogP contribution in [0.2, 0.25) is 0 Å². The third-order valence-electron chi connectivity index (χ3n) is 3.12. The van der Waals surface area contributed by atoms with Gasteiger partial charge in [0.25, 0.3) is 5.92 Å². The van der Waals surface area contributed by atoms with Crippen molar-refractivity contribution >= 4 is 0 Å². The highest BCUT2D eigenvalue weighted by Crippen LogP contribution is 2.38. The highest BCUT2D eigenvalue weighted by molar-refractivity contribution is 5.29. The Labute approximate surface area is 101 Å². The van der Waals surface area contributed by atoms with Gasteiger partial charge in [0, 0.05) is 0 Å². The van der Waals surface area contributed by atoms with Gasteiger partial charge in [-0.25, -0.2) is 8.78 Å². The molecule has 1 atom stereocenters. The summed E-state index contributed by atoms with van der Waals surface area (Å²) >= 11 is 0. The Morgan fingerprint density at radius 2 is 1.72 bits per heavy atom. The van der Waals surface area contributed by atoms with E-state index in [9.17, 15) is 22.0 Å². The molecule has 1 heterocycles. The van der Waals surface area contributed by atoms with Crippen molar-refractivity contribution in [2.75, 3.05) is 13.1 Å². The average molecular weight is 265 g/mol. The highest BCUT2D eigenvalue weighted by Gasteiger charge is 2.42. The van der Waals surface area contributed by atoms with E-state index in [-0.39, 0.29) is 12.0 Å². The van der Waals surface area contributed by atoms with Gasteiger partial charge in [-0.15, -0.1) is 0 Å². The second-order valence-electron chi connectivity index (χ2n) is 4.40. The van der Waals surface area contributed by atoms with Gasteiger partial charge in [0.2, 0.25) is 0 Å². The Kier molecular flexibility index (Phi) is 3.31.